The molecule has 0 aliphatic carbocycles. The SMILES string of the molecule is Cc1ccc(C(=O)c2c[nH]c(C(=O)O)c2)c(C)n1. The highest BCUT2D eigenvalue weighted by Gasteiger charge is 2.16. The third-order valence-corrected chi connectivity index (χ3v) is 2.65. The van der Waals surface area contributed by atoms with Gasteiger partial charge in [0, 0.05) is 28.7 Å². The number of ketones is 1. The number of rotatable bonds is 3. The van der Waals surface area contributed by atoms with Gasteiger partial charge in [0.05, 0.1) is 0 Å². The Morgan fingerprint density at radius 3 is 2.56 bits per heavy atom. The first kappa shape index (κ1) is 12.0. The van der Waals surface area contributed by atoms with Gasteiger partial charge in [-0.05, 0) is 32.0 Å². The molecule has 0 atom stereocenters. The quantitative estimate of drug-likeness (QED) is 0.808. The number of nitrogens with zero attached hydrogens (tertiary/aromatic N) is 1. The minimum absolute atomic E-state index is 0.00364. The largest absolute Gasteiger partial charge is 0.477 e. The summed E-state index contributed by atoms with van der Waals surface area (Å²) >= 11 is 0. The second-order valence-corrected chi connectivity index (χ2v) is 4.02. The van der Waals surface area contributed by atoms with Crippen LogP contribution in [0.4, 0.5) is 0 Å². The molecule has 2 aromatic heterocycles. The zero-order chi connectivity index (χ0) is 13.3. The summed E-state index contributed by atoms with van der Waals surface area (Å²) in [7, 11) is 0. The van der Waals surface area contributed by atoms with Crippen molar-refractivity contribution >= 4 is 11.8 Å². The molecule has 0 fully saturated rings. The Bertz CT molecular complexity index is 629. The first-order chi connectivity index (χ1) is 8.49. The van der Waals surface area contributed by atoms with Crippen LogP contribution in [0, 0.1) is 13.8 Å². The van der Waals surface area contributed by atoms with E-state index in [2.05, 4.69) is 9.97 Å². The van der Waals surface area contributed by atoms with E-state index in [0.29, 0.717) is 16.8 Å². The monoisotopic (exact) mass is 244 g/mol. The fourth-order valence-corrected chi connectivity index (χ4v) is 1.73. The standard InChI is InChI=1S/C13H12N2O3/c1-7-3-4-10(8(2)15-7)12(16)9-5-11(13(17)18)14-6-9/h3-6,14H,1-2H3,(H,17,18). The second kappa shape index (κ2) is 4.44. The minimum Gasteiger partial charge on any atom is -0.477 e. The Labute approximate surface area is 103 Å². The van der Waals surface area contributed by atoms with Gasteiger partial charge in [-0.25, -0.2) is 4.79 Å². The lowest BCUT2D eigenvalue weighted by Crippen LogP contribution is -2.04. The minimum atomic E-state index is -1.09. The molecule has 18 heavy (non-hydrogen) atoms. The third kappa shape index (κ3) is 2.15. The third-order valence-electron chi connectivity index (χ3n) is 2.65. The molecular weight excluding hydrogens is 232 g/mol. The molecule has 0 aliphatic heterocycles. The summed E-state index contributed by atoms with van der Waals surface area (Å²) in [5.41, 5.74) is 2.27. The number of aryl methyl sites for hydroxylation is 2. The van der Waals surface area contributed by atoms with Gasteiger partial charge in [-0.15, -0.1) is 0 Å². The van der Waals surface area contributed by atoms with Gasteiger partial charge in [0.25, 0.3) is 0 Å². The van der Waals surface area contributed by atoms with Crippen molar-refractivity contribution in [2.45, 2.75) is 13.8 Å². The first-order valence-corrected chi connectivity index (χ1v) is 5.39. The van der Waals surface area contributed by atoms with Crippen LogP contribution in [0.25, 0.3) is 0 Å². The van der Waals surface area contributed by atoms with Crippen LogP contribution in [0.2, 0.25) is 0 Å². The highest BCUT2D eigenvalue weighted by Crippen LogP contribution is 2.14. The van der Waals surface area contributed by atoms with Crippen molar-refractivity contribution in [3.8, 4) is 0 Å². The molecule has 2 heterocycles. The van der Waals surface area contributed by atoms with Crippen molar-refractivity contribution in [3.63, 3.8) is 0 Å². The lowest BCUT2D eigenvalue weighted by molar-refractivity contribution is 0.0691. The van der Waals surface area contributed by atoms with Gasteiger partial charge < -0.3 is 10.1 Å². The average molecular weight is 244 g/mol. The molecule has 0 unspecified atom stereocenters. The van der Waals surface area contributed by atoms with E-state index in [1.807, 2.05) is 6.92 Å². The van der Waals surface area contributed by atoms with Crippen LogP contribution in [-0.2, 0) is 0 Å². The fraction of sp³-hybridized carbons (Fsp3) is 0.154. The predicted molar refractivity (Wildman–Crippen MR) is 64.9 cm³/mol. The molecule has 0 bridgehead atoms. The van der Waals surface area contributed by atoms with Crippen LogP contribution >= 0.6 is 0 Å². The number of carboxylic acid groups (broad SMARTS) is 1. The fourth-order valence-electron chi connectivity index (χ4n) is 1.73. The first-order valence-electron chi connectivity index (χ1n) is 5.39. The van der Waals surface area contributed by atoms with E-state index in [9.17, 15) is 9.59 Å². The van der Waals surface area contributed by atoms with Gasteiger partial charge in [0.2, 0.25) is 0 Å². The Balaban J connectivity index is 2.38. The summed E-state index contributed by atoms with van der Waals surface area (Å²) in [6.07, 6.45) is 1.39. The topological polar surface area (TPSA) is 83.0 Å². The summed E-state index contributed by atoms with van der Waals surface area (Å²) in [5.74, 6) is -1.32. The van der Waals surface area contributed by atoms with E-state index in [4.69, 9.17) is 5.11 Å². The number of carboxylic acids is 1. The average Bonchev–Trinajstić information content (AvgIpc) is 2.77. The van der Waals surface area contributed by atoms with Crippen molar-refractivity contribution < 1.29 is 14.7 Å². The maximum Gasteiger partial charge on any atom is 0.352 e. The van der Waals surface area contributed by atoms with Crippen LogP contribution in [0.1, 0.15) is 37.8 Å². The number of carbonyl (C=O) groups is 2. The number of carbonyl (C=O) groups excluding carboxylic acids is 1. The van der Waals surface area contributed by atoms with Gasteiger partial charge in [-0.3, -0.25) is 9.78 Å². The smallest absolute Gasteiger partial charge is 0.352 e. The van der Waals surface area contributed by atoms with Gasteiger partial charge in [0.1, 0.15) is 5.69 Å². The van der Waals surface area contributed by atoms with Gasteiger partial charge in [0.15, 0.2) is 5.78 Å². The zero-order valence-corrected chi connectivity index (χ0v) is 10.0. The maximum absolute atomic E-state index is 12.2. The molecule has 0 amide bonds. The summed E-state index contributed by atoms with van der Waals surface area (Å²) in [6, 6.07) is 4.78. The molecule has 0 saturated carbocycles. The number of H-pyrrole nitrogens is 1. The molecule has 92 valence electrons. The molecule has 2 N–H and O–H groups in total. The number of aromatic nitrogens is 2. The van der Waals surface area contributed by atoms with E-state index in [1.165, 1.54) is 12.3 Å². The molecule has 5 nitrogen and oxygen atoms in total. The molecular formula is C13H12N2O3. The number of pyridine rings is 1. The van der Waals surface area contributed by atoms with E-state index in [1.54, 1.807) is 19.1 Å². The number of aromatic amines is 1. The predicted octanol–water partition coefficient (Wildman–Crippen LogP) is 1.96. The summed E-state index contributed by atoms with van der Waals surface area (Å²) in [6.45, 7) is 3.60. The highest BCUT2D eigenvalue weighted by atomic mass is 16.4. The Morgan fingerprint density at radius 2 is 2.00 bits per heavy atom. The van der Waals surface area contributed by atoms with Crippen LogP contribution in [0.5, 0.6) is 0 Å². The number of aromatic carboxylic acids is 1. The normalized spacial score (nSPS) is 10.3. The Hall–Kier alpha value is -2.43. The van der Waals surface area contributed by atoms with Crippen LogP contribution in [-0.4, -0.2) is 26.8 Å². The number of nitrogens with one attached hydrogen (secondary N) is 1. The maximum atomic E-state index is 12.2. The van der Waals surface area contributed by atoms with Crippen LogP contribution in [0.3, 0.4) is 0 Å². The second-order valence-electron chi connectivity index (χ2n) is 4.02. The van der Waals surface area contributed by atoms with E-state index in [0.717, 1.165) is 5.69 Å². The molecule has 2 rings (SSSR count). The molecule has 0 spiro atoms. The molecule has 0 aliphatic rings. The van der Waals surface area contributed by atoms with Crippen molar-refractivity contribution in [1.82, 2.24) is 9.97 Å². The van der Waals surface area contributed by atoms with E-state index >= 15 is 0 Å². The zero-order valence-electron chi connectivity index (χ0n) is 10.0. The van der Waals surface area contributed by atoms with Crippen molar-refractivity contribution in [2.75, 3.05) is 0 Å². The number of hydrogen-bond donors (Lipinski definition) is 2. The summed E-state index contributed by atoms with van der Waals surface area (Å²) in [5, 5.41) is 8.79. The lowest BCUT2D eigenvalue weighted by atomic mass is 10.0. The highest BCUT2D eigenvalue weighted by molar-refractivity contribution is 6.10. The summed E-state index contributed by atoms with van der Waals surface area (Å²) in [4.78, 5) is 29.7. The van der Waals surface area contributed by atoms with Gasteiger partial charge in [-0.1, -0.05) is 0 Å². The molecule has 0 aromatic carbocycles. The van der Waals surface area contributed by atoms with Crippen molar-refractivity contribution in [1.29, 1.82) is 0 Å². The molecule has 0 radical (unpaired) electrons. The lowest BCUT2D eigenvalue weighted by Gasteiger charge is -2.03. The molecule has 0 saturated heterocycles. The van der Waals surface area contributed by atoms with Crippen LogP contribution in [0.15, 0.2) is 24.4 Å². The van der Waals surface area contributed by atoms with Crippen LogP contribution < -0.4 is 0 Å². The molecule has 5 heteroatoms. The van der Waals surface area contributed by atoms with Gasteiger partial charge >= 0.3 is 5.97 Å². The summed E-state index contributed by atoms with van der Waals surface area (Å²) < 4.78 is 0. The number of hydrogen-bond acceptors (Lipinski definition) is 3. The van der Waals surface area contributed by atoms with Crippen molar-refractivity contribution in [2.24, 2.45) is 0 Å². The van der Waals surface area contributed by atoms with E-state index < -0.39 is 5.97 Å². The van der Waals surface area contributed by atoms with Crippen molar-refractivity contribution in [3.05, 3.63) is 52.6 Å². The van der Waals surface area contributed by atoms with E-state index in [-0.39, 0.29) is 11.5 Å². The Morgan fingerprint density at radius 1 is 1.28 bits per heavy atom. The molecule has 2 aromatic rings. The van der Waals surface area contributed by atoms with Gasteiger partial charge in [-0.2, -0.15) is 0 Å². The Kier molecular flexibility index (Phi) is 2.97.